The van der Waals surface area contributed by atoms with Gasteiger partial charge < -0.3 is 34.6 Å². The first kappa shape index (κ1) is 15.8. The maximum atomic E-state index is 11.0. The highest BCUT2D eigenvalue weighted by molar-refractivity contribution is 5.67. The molecule has 4 N–H and O–H groups in total. The normalized spacial score (nSPS) is 35.8. The van der Waals surface area contributed by atoms with Gasteiger partial charge >= 0.3 is 11.9 Å². The zero-order valence-electron chi connectivity index (χ0n) is 10.3. The van der Waals surface area contributed by atoms with Gasteiger partial charge in [0.25, 0.3) is 5.79 Å². The lowest BCUT2D eigenvalue weighted by atomic mass is 10.0. The van der Waals surface area contributed by atoms with Gasteiger partial charge in [0.1, 0.15) is 6.10 Å². The standard InChI is InChI=1S/C10H16O9/c1-4(12)17-8-9(15)18-7(6(14)3-11)10(8,16)19-5(2)13/h6-9,11,14-16H,3H2,1-2H3/t6-,7-,8+,9?,10-/m1/s1. The van der Waals surface area contributed by atoms with Crippen LogP contribution < -0.4 is 0 Å². The number of esters is 2. The molecule has 0 aromatic rings. The average molecular weight is 280 g/mol. The van der Waals surface area contributed by atoms with Crippen LogP contribution in [0.25, 0.3) is 0 Å². The van der Waals surface area contributed by atoms with Gasteiger partial charge in [0.15, 0.2) is 12.4 Å². The van der Waals surface area contributed by atoms with Crippen LogP contribution in [0.1, 0.15) is 13.8 Å². The van der Waals surface area contributed by atoms with Crippen LogP contribution in [0.3, 0.4) is 0 Å². The van der Waals surface area contributed by atoms with Gasteiger partial charge in [-0.05, 0) is 0 Å². The summed E-state index contributed by atoms with van der Waals surface area (Å²) in [4.78, 5) is 21.9. The SMILES string of the molecule is CC(=O)O[C@H]1C(O)O[C@H]([C@H](O)CO)[C@@]1(O)OC(C)=O. The number of hydrogen-bond donors (Lipinski definition) is 4. The van der Waals surface area contributed by atoms with Crippen molar-refractivity contribution >= 4 is 11.9 Å². The molecule has 110 valence electrons. The topological polar surface area (TPSA) is 143 Å². The molecule has 1 saturated heterocycles. The van der Waals surface area contributed by atoms with E-state index in [4.69, 9.17) is 9.84 Å². The number of carbonyl (C=O) groups excluding carboxylic acids is 2. The van der Waals surface area contributed by atoms with Crippen LogP contribution in [0.4, 0.5) is 0 Å². The second-order valence-electron chi connectivity index (χ2n) is 4.07. The van der Waals surface area contributed by atoms with Gasteiger partial charge in [-0.15, -0.1) is 0 Å². The molecular weight excluding hydrogens is 264 g/mol. The Balaban J connectivity index is 3.07. The lowest BCUT2D eigenvalue weighted by Crippen LogP contribution is -2.57. The van der Waals surface area contributed by atoms with Crippen molar-refractivity contribution in [1.29, 1.82) is 0 Å². The van der Waals surface area contributed by atoms with E-state index in [-0.39, 0.29) is 0 Å². The molecular formula is C10H16O9. The van der Waals surface area contributed by atoms with E-state index >= 15 is 0 Å². The molecule has 9 heteroatoms. The number of aliphatic hydroxyl groups is 4. The second kappa shape index (κ2) is 5.80. The van der Waals surface area contributed by atoms with Crippen LogP contribution in [-0.4, -0.2) is 69.4 Å². The van der Waals surface area contributed by atoms with E-state index in [1.807, 2.05) is 0 Å². The fourth-order valence-electron chi connectivity index (χ4n) is 1.82. The van der Waals surface area contributed by atoms with Crippen molar-refractivity contribution in [3.8, 4) is 0 Å². The molecule has 1 aliphatic rings. The van der Waals surface area contributed by atoms with E-state index < -0.39 is 48.9 Å². The van der Waals surface area contributed by atoms with E-state index in [1.165, 1.54) is 0 Å². The Kier molecular flexibility index (Phi) is 4.82. The highest BCUT2D eigenvalue weighted by Crippen LogP contribution is 2.35. The van der Waals surface area contributed by atoms with Crippen molar-refractivity contribution in [3.63, 3.8) is 0 Å². The number of carbonyl (C=O) groups is 2. The molecule has 0 aromatic heterocycles. The predicted molar refractivity (Wildman–Crippen MR) is 56.2 cm³/mol. The summed E-state index contributed by atoms with van der Waals surface area (Å²) in [6.45, 7) is 1.15. The zero-order valence-corrected chi connectivity index (χ0v) is 10.3. The Morgan fingerprint density at radius 2 is 1.95 bits per heavy atom. The summed E-state index contributed by atoms with van der Waals surface area (Å²) in [6, 6.07) is 0. The van der Waals surface area contributed by atoms with Crippen molar-refractivity contribution in [2.45, 2.75) is 44.2 Å². The van der Waals surface area contributed by atoms with Crippen LogP contribution >= 0.6 is 0 Å². The maximum absolute atomic E-state index is 11.0. The predicted octanol–water partition coefficient (Wildman–Crippen LogP) is -2.76. The molecule has 0 aromatic carbocycles. The van der Waals surface area contributed by atoms with E-state index in [2.05, 4.69) is 9.47 Å². The Morgan fingerprint density at radius 3 is 2.37 bits per heavy atom. The van der Waals surface area contributed by atoms with Crippen LogP contribution in [0, 0.1) is 0 Å². The third-order valence-corrected chi connectivity index (χ3v) is 2.50. The molecule has 1 unspecified atom stereocenters. The first-order valence-corrected chi connectivity index (χ1v) is 5.44. The van der Waals surface area contributed by atoms with Crippen LogP contribution in [0.15, 0.2) is 0 Å². The molecule has 1 aliphatic heterocycles. The van der Waals surface area contributed by atoms with Crippen LogP contribution in [-0.2, 0) is 23.8 Å². The first-order valence-electron chi connectivity index (χ1n) is 5.44. The first-order chi connectivity index (χ1) is 8.72. The number of aliphatic hydroxyl groups excluding tert-OH is 3. The van der Waals surface area contributed by atoms with Crippen molar-refractivity contribution in [2.24, 2.45) is 0 Å². The molecule has 0 radical (unpaired) electrons. The largest absolute Gasteiger partial charge is 0.450 e. The molecule has 1 fully saturated rings. The molecule has 0 saturated carbocycles. The Morgan fingerprint density at radius 1 is 1.37 bits per heavy atom. The molecule has 1 heterocycles. The van der Waals surface area contributed by atoms with E-state index in [0.29, 0.717) is 0 Å². The van der Waals surface area contributed by atoms with E-state index in [1.54, 1.807) is 0 Å². The molecule has 19 heavy (non-hydrogen) atoms. The van der Waals surface area contributed by atoms with Gasteiger partial charge in [-0.3, -0.25) is 9.59 Å². The minimum atomic E-state index is -2.60. The van der Waals surface area contributed by atoms with Gasteiger partial charge in [0.05, 0.1) is 6.61 Å². The summed E-state index contributed by atoms with van der Waals surface area (Å²) in [6.07, 6.45) is -6.88. The summed E-state index contributed by atoms with van der Waals surface area (Å²) in [7, 11) is 0. The number of rotatable bonds is 4. The summed E-state index contributed by atoms with van der Waals surface area (Å²) < 4.78 is 14.0. The lowest BCUT2D eigenvalue weighted by molar-refractivity contribution is -0.267. The summed E-state index contributed by atoms with van der Waals surface area (Å²) in [5.74, 6) is -4.41. The summed E-state index contributed by atoms with van der Waals surface area (Å²) in [5, 5.41) is 38.1. The smallest absolute Gasteiger partial charge is 0.305 e. The zero-order chi connectivity index (χ0) is 14.8. The third-order valence-electron chi connectivity index (χ3n) is 2.50. The Hall–Kier alpha value is -1.26. The monoisotopic (exact) mass is 280 g/mol. The van der Waals surface area contributed by atoms with E-state index in [9.17, 15) is 24.9 Å². The molecule has 5 atom stereocenters. The van der Waals surface area contributed by atoms with Gasteiger partial charge in [0.2, 0.25) is 6.10 Å². The fourth-order valence-corrected chi connectivity index (χ4v) is 1.82. The highest BCUT2D eigenvalue weighted by Gasteiger charge is 2.63. The molecule has 0 amide bonds. The van der Waals surface area contributed by atoms with Crippen LogP contribution in [0.5, 0.6) is 0 Å². The summed E-state index contributed by atoms with van der Waals surface area (Å²) in [5.41, 5.74) is 0. The Bertz CT molecular complexity index is 357. The maximum Gasteiger partial charge on any atom is 0.305 e. The van der Waals surface area contributed by atoms with Gasteiger partial charge in [-0.2, -0.15) is 0 Å². The molecule has 0 aliphatic carbocycles. The number of hydrogen-bond acceptors (Lipinski definition) is 9. The minimum absolute atomic E-state index is 0.826. The second-order valence-corrected chi connectivity index (χ2v) is 4.07. The average Bonchev–Trinajstić information content (AvgIpc) is 2.51. The van der Waals surface area contributed by atoms with Crippen molar-refractivity contribution in [2.75, 3.05) is 6.61 Å². The number of ether oxygens (including phenoxy) is 3. The van der Waals surface area contributed by atoms with Crippen molar-refractivity contribution in [3.05, 3.63) is 0 Å². The van der Waals surface area contributed by atoms with Gasteiger partial charge in [-0.25, -0.2) is 0 Å². The van der Waals surface area contributed by atoms with Crippen LogP contribution in [0.2, 0.25) is 0 Å². The van der Waals surface area contributed by atoms with Gasteiger partial charge in [-0.1, -0.05) is 0 Å². The van der Waals surface area contributed by atoms with Crippen molar-refractivity contribution in [1.82, 2.24) is 0 Å². The van der Waals surface area contributed by atoms with E-state index in [0.717, 1.165) is 13.8 Å². The quantitative estimate of drug-likeness (QED) is 0.318. The highest BCUT2D eigenvalue weighted by atomic mass is 16.8. The van der Waals surface area contributed by atoms with Gasteiger partial charge in [0, 0.05) is 13.8 Å². The summed E-state index contributed by atoms with van der Waals surface area (Å²) >= 11 is 0. The molecule has 9 nitrogen and oxygen atoms in total. The molecule has 1 rings (SSSR count). The van der Waals surface area contributed by atoms with Crippen molar-refractivity contribution < 1.29 is 44.2 Å². The minimum Gasteiger partial charge on any atom is -0.450 e. The molecule has 0 bridgehead atoms. The lowest BCUT2D eigenvalue weighted by Gasteiger charge is -2.32. The molecule has 0 spiro atoms. The third kappa shape index (κ3) is 3.19. The fraction of sp³-hybridized carbons (Fsp3) is 0.800. The Labute approximate surface area is 108 Å².